The summed E-state index contributed by atoms with van der Waals surface area (Å²) in [7, 11) is 0. The minimum absolute atomic E-state index is 0.0696. The smallest absolute Gasteiger partial charge is 0.343 e. The van der Waals surface area contributed by atoms with E-state index in [2.05, 4.69) is 25.2 Å². The highest BCUT2D eigenvalue weighted by Gasteiger charge is 2.23. The Hall–Kier alpha value is -3.15. The first kappa shape index (κ1) is 16.7. The molecule has 0 atom stereocenters. The Morgan fingerprint density at radius 1 is 1.16 bits per heavy atom. The summed E-state index contributed by atoms with van der Waals surface area (Å²) in [4.78, 5) is 22.4. The van der Waals surface area contributed by atoms with Crippen LogP contribution >= 0.6 is 0 Å². The Morgan fingerprint density at radius 3 is 2.48 bits per heavy atom. The first-order chi connectivity index (χ1) is 11.7. The number of nitrogens with zero attached hydrogens (tertiary/aromatic N) is 1. The first-order valence-electron chi connectivity index (χ1n) is 7.84. The molecule has 0 radical (unpaired) electrons. The van der Waals surface area contributed by atoms with E-state index < -0.39 is 10.9 Å². The predicted molar refractivity (Wildman–Crippen MR) is 95.8 cm³/mol. The molecule has 0 fully saturated rings. The molecular formula is C19H18N2O4. The highest BCUT2D eigenvalue weighted by atomic mass is 16.6. The maximum Gasteiger partial charge on any atom is 0.343 e. The summed E-state index contributed by atoms with van der Waals surface area (Å²) in [5.41, 5.74) is 3.13. The molecule has 0 aliphatic carbocycles. The van der Waals surface area contributed by atoms with Crippen LogP contribution < -0.4 is 10.1 Å². The number of hydrogen-bond donors (Lipinski definition) is 1. The van der Waals surface area contributed by atoms with E-state index in [-0.39, 0.29) is 16.8 Å². The molecule has 0 saturated heterocycles. The van der Waals surface area contributed by atoms with Gasteiger partial charge in [0, 0.05) is 23.4 Å². The summed E-state index contributed by atoms with van der Waals surface area (Å²) in [6.07, 6.45) is 2.12. The normalized spacial score (nSPS) is 14.8. The standard InChI is InChI=1S/C19H18N2O4/c1-12-11-19(2,3)20-17-9-8-15(10-16(12)17)25-18(22)13-4-6-14(7-5-13)21(23)24/h4-11,20H,1-3H3. The number of nitrogens with one attached hydrogen (secondary N) is 1. The van der Waals surface area contributed by atoms with Gasteiger partial charge in [-0.1, -0.05) is 6.08 Å². The Balaban J connectivity index is 1.81. The number of benzene rings is 2. The van der Waals surface area contributed by atoms with E-state index in [1.807, 2.05) is 19.1 Å². The molecule has 0 spiro atoms. The van der Waals surface area contributed by atoms with Crippen molar-refractivity contribution in [2.24, 2.45) is 0 Å². The molecule has 1 aliphatic heterocycles. The molecule has 0 aromatic heterocycles. The fourth-order valence-corrected chi connectivity index (χ4v) is 2.91. The number of hydrogen-bond acceptors (Lipinski definition) is 5. The number of fused-ring (bicyclic) bond motifs is 1. The molecule has 6 heteroatoms. The number of non-ortho nitro benzene ring substituents is 1. The summed E-state index contributed by atoms with van der Waals surface area (Å²) in [6, 6.07) is 10.7. The molecule has 1 N–H and O–H groups in total. The van der Waals surface area contributed by atoms with Crippen molar-refractivity contribution in [1.29, 1.82) is 0 Å². The third-order valence-electron chi connectivity index (χ3n) is 3.97. The number of esters is 1. The van der Waals surface area contributed by atoms with Crippen LogP contribution in [0.2, 0.25) is 0 Å². The summed E-state index contributed by atoms with van der Waals surface area (Å²) in [5.74, 6) is -0.128. The highest BCUT2D eigenvalue weighted by Crippen LogP contribution is 2.35. The van der Waals surface area contributed by atoms with Crippen LogP contribution in [0.4, 0.5) is 11.4 Å². The van der Waals surface area contributed by atoms with Crippen LogP contribution in [0.5, 0.6) is 5.75 Å². The molecule has 1 aliphatic rings. The topological polar surface area (TPSA) is 81.5 Å². The largest absolute Gasteiger partial charge is 0.423 e. The fourth-order valence-electron chi connectivity index (χ4n) is 2.91. The average Bonchev–Trinajstić information content (AvgIpc) is 2.54. The number of anilines is 1. The van der Waals surface area contributed by atoms with Gasteiger partial charge in [0.1, 0.15) is 5.75 Å². The number of rotatable bonds is 3. The lowest BCUT2D eigenvalue weighted by Gasteiger charge is -2.31. The third-order valence-corrected chi connectivity index (χ3v) is 3.97. The molecule has 6 nitrogen and oxygen atoms in total. The molecule has 128 valence electrons. The second-order valence-corrected chi connectivity index (χ2v) is 6.57. The van der Waals surface area contributed by atoms with Crippen molar-refractivity contribution in [1.82, 2.24) is 0 Å². The maximum absolute atomic E-state index is 12.2. The lowest BCUT2D eigenvalue weighted by molar-refractivity contribution is -0.384. The quantitative estimate of drug-likeness (QED) is 0.388. The number of nitro benzene ring substituents is 1. The first-order valence-corrected chi connectivity index (χ1v) is 7.84. The summed E-state index contributed by atoms with van der Waals surface area (Å²) >= 11 is 0. The number of carbonyl (C=O) groups excluding carboxylic acids is 1. The van der Waals surface area contributed by atoms with Gasteiger partial charge in [-0.3, -0.25) is 10.1 Å². The van der Waals surface area contributed by atoms with Gasteiger partial charge in [-0.05, 0) is 56.7 Å². The lowest BCUT2D eigenvalue weighted by atomic mass is 9.91. The second kappa shape index (κ2) is 6.05. The Bertz CT molecular complexity index is 883. The van der Waals surface area contributed by atoms with Crippen LogP contribution in [-0.2, 0) is 0 Å². The summed E-state index contributed by atoms with van der Waals surface area (Å²) in [6.45, 7) is 6.19. The third kappa shape index (κ3) is 3.52. The minimum Gasteiger partial charge on any atom is -0.423 e. The highest BCUT2D eigenvalue weighted by molar-refractivity contribution is 5.91. The zero-order valence-corrected chi connectivity index (χ0v) is 14.2. The second-order valence-electron chi connectivity index (χ2n) is 6.57. The van der Waals surface area contributed by atoms with Gasteiger partial charge in [-0.15, -0.1) is 0 Å². The minimum atomic E-state index is -0.555. The van der Waals surface area contributed by atoms with Crippen LogP contribution in [0.15, 0.2) is 48.5 Å². The summed E-state index contributed by atoms with van der Waals surface area (Å²) < 4.78 is 5.40. The van der Waals surface area contributed by atoms with Crippen molar-refractivity contribution in [3.8, 4) is 5.75 Å². The number of carbonyl (C=O) groups is 1. The number of nitro groups is 1. The Morgan fingerprint density at radius 2 is 1.84 bits per heavy atom. The van der Waals surface area contributed by atoms with Crippen molar-refractivity contribution in [2.75, 3.05) is 5.32 Å². The van der Waals surface area contributed by atoms with Crippen LogP contribution in [0, 0.1) is 10.1 Å². The Labute approximate surface area is 145 Å². The van der Waals surface area contributed by atoms with Crippen LogP contribution in [0.1, 0.15) is 36.7 Å². The summed E-state index contributed by atoms with van der Waals surface area (Å²) in [5, 5.41) is 14.1. The monoisotopic (exact) mass is 338 g/mol. The Kier molecular flexibility index (Phi) is 4.04. The lowest BCUT2D eigenvalue weighted by Crippen LogP contribution is -2.31. The van der Waals surface area contributed by atoms with E-state index in [0.717, 1.165) is 16.8 Å². The fraction of sp³-hybridized carbons (Fsp3) is 0.211. The van der Waals surface area contributed by atoms with Gasteiger partial charge in [0.25, 0.3) is 5.69 Å². The van der Waals surface area contributed by atoms with Crippen molar-refractivity contribution < 1.29 is 14.5 Å². The molecular weight excluding hydrogens is 320 g/mol. The van der Waals surface area contributed by atoms with Gasteiger partial charge in [-0.2, -0.15) is 0 Å². The van der Waals surface area contributed by atoms with Crippen LogP contribution in [0.25, 0.3) is 5.57 Å². The molecule has 1 heterocycles. The van der Waals surface area contributed by atoms with Gasteiger partial charge < -0.3 is 10.1 Å². The SMILES string of the molecule is CC1=CC(C)(C)Nc2ccc(OC(=O)c3ccc([N+](=O)[O-])cc3)cc21. The molecule has 2 aromatic carbocycles. The molecule has 25 heavy (non-hydrogen) atoms. The van der Waals surface area contributed by atoms with E-state index in [4.69, 9.17) is 4.74 Å². The number of ether oxygens (including phenoxy) is 1. The van der Waals surface area contributed by atoms with Gasteiger partial charge in [0.2, 0.25) is 0 Å². The van der Waals surface area contributed by atoms with Gasteiger partial charge in [0.05, 0.1) is 16.0 Å². The predicted octanol–water partition coefficient (Wildman–Crippen LogP) is 4.42. The van der Waals surface area contributed by atoms with Crippen molar-refractivity contribution in [2.45, 2.75) is 26.3 Å². The zero-order chi connectivity index (χ0) is 18.2. The van der Waals surface area contributed by atoms with Crippen LogP contribution in [0.3, 0.4) is 0 Å². The maximum atomic E-state index is 12.2. The van der Waals surface area contributed by atoms with Crippen molar-refractivity contribution in [3.05, 3.63) is 69.8 Å². The number of allylic oxidation sites excluding steroid dienone is 1. The molecule has 0 saturated carbocycles. The molecule has 0 amide bonds. The van der Waals surface area contributed by atoms with E-state index >= 15 is 0 Å². The van der Waals surface area contributed by atoms with Gasteiger partial charge in [-0.25, -0.2) is 4.79 Å². The van der Waals surface area contributed by atoms with Crippen molar-refractivity contribution >= 4 is 22.9 Å². The van der Waals surface area contributed by atoms with E-state index in [0.29, 0.717) is 5.75 Å². The van der Waals surface area contributed by atoms with Gasteiger partial charge in [0.15, 0.2) is 0 Å². The average molecular weight is 338 g/mol. The zero-order valence-electron chi connectivity index (χ0n) is 14.2. The molecule has 2 aromatic rings. The molecule has 3 rings (SSSR count). The van der Waals surface area contributed by atoms with E-state index in [1.165, 1.54) is 24.3 Å². The molecule has 0 unspecified atom stereocenters. The van der Waals surface area contributed by atoms with Gasteiger partial charge >= 0.3 is 5.97 Å². The molecule has 0 bridgehead atoms. The van der Waals surface area contributed by atoms with Crippen molar-refractivity contribution in [3.63, 3.8) is 0 Å². The van der Waals surface area contributed by atoms with Crippen LogP contribution in [-0.4, -0.2) is 16.4 Å². The van der Waals surface area contributed by atoms with E-state index in [9.17, 15) is 14.9 Å². The van der Waals surface area contributed by atoms with E-state index in [1.54, 1.807) is 6.07 Å².